The Morgan fingerprint density at radius 2 is 1.81 bits per heavy atom. The average molecular weight is 363 g/mol. The van der Waals surface area contributed by atoms with E-state index >= 15 is 0 Å². The van der Waals surface area contributed by atoms with Gasteiger partial charge in [-0.05, 0) is 64.3 Å². The molecule has 2 aliphatic rings. The Kier molecular flexibility index (Phi) is 5.06. The quantitative estimate of drug-likeness (QED) is 0.751. The number of hydrogen-bond acceptors (Lipinski definition) is 4. The SMILES string of the molecule is Cc1cc(C(=O)C2CC3COCC(C2)N3C(=O)OC(C)(C)C)ccc1F. The highest BCUT2D eigenvalue weighted by molar-refractivity contribution is 5.98. The molecule has 2 atom stereocenters. The molecule has 1 aromatic carbocycles. The molecule has 2 fully saturated rings. The van der Waals surface area contributed by atoms with Gasteiger partial charge in [-0.15, -0.1) is 0 Å². The second-order valence-electron chi connectivity index (χ2n) is 8.23. The third kappa shape index (κ3) is 3.90. The molecule has 0 saturated carbocycles. The summed E-state index contributed by atoms with van der Waals surface area (Å²) in [7, 11) is 0. The molecule has 5 nitrogen and oxygen atoms in total. The molecule has 142 valence electrons. The van der Waals surface area contributed by atoms with Crippen molar-refractivity contribution in [3.8, 4) is 0 Å². The van der Waals surface area contributed by atoms with Gasteiger partial charge >= 0.3 is 6.09 Å². The fraction of sp³-hybridized carbons (Fsp3) is 0.600. The van der Waals surface area contributed by atoms with Crippen molar-refractivity contribution in [2.24, 2.45) is 5.92 Å². The van der Waals surface area contributed by atoms with Crippen LogP contribution in [-0.2, 0) is 9.47 Å². The average Bonchev–Trinajstić information content (AvgIpc) is 2.54. The van der Waals surface area contributed by atoms with Gasteiger partial charge in [0.1, 0.15) is 11.4 Å². The van der Waals surface area contributed by atoms with Crippen molar-refractivity contribution < 1.29 is 23.5 Å². The van der Waals surface area contributed by atoms with Gasteiger partial charge in [-0.1, -0.05) is 0 Å². The smallest absolute Gasteiger partial charge is 0.410 e. The number of morpholine rings is 1. The molecule has 0 aromatic heterocycles. The predicted octanol–water partition coefficient (Wildman–Crippen LogP) is 3.73. The molecule has 2 unspecified atom stereocenters. The summed E-state index contributed by atoms with van der Waals surface area (Å²) in [5.41, 5.74) is 0.425. The molecule has 2 saturated heterocycles. The standard InChI is InChI=1S/C20H26FNO4/c1-12-7-13(5-6-17(12)21)18(23)14-8-15-10-25-11-16(9-14)22(15)19(24)26-20(2,3)4/h5-7,14-16H,8-11H2,1-4H3. The molecule has 1 amide bonds. The first kappa shape index (κ1) is 18.8. The number of ketones is 1. The number of benzene rings is 1. The molecule has 0 radical (unpaired) electrons. The molecule has 1 aromatic rings. The number of aryl methyl sites for hydroxylation is 1. The van der Waals surface area contributed by atoms with Crippen LogP contribution in [0.4, 0.5) is 9.18 Å². The van der Waals surface area contributed by atoms with Crippen molar-refractivity contribution in [3.05, 3.63) is 35.1 Å². The summed E-state index contributed by atoms with van der Waals surface area (Å²) < 4.78 is 24.6. The zero-order chi connectivity index (χ0) is 19.1. The number of piperidine rings is 1. The Balaban J connectivity index is 1.75. The molecule has 2 aliphatic heterocycles. The Labute approximate surface area is 153 Å². The summed E-state index contributed by atoms with van der Waals surface area (Å²) in [4.78, 5) is 27.2. The summed E-state index contributed by atoms with van der Waals surface area (Å²) in [5, 5.41) is 0. The molecule has 0 N–H and O–H groups in total. The van der Waals surface area contributed by atoms with E-state index in [1.54, 1.807) is 17.9 Å². The summed E-state index contributed by atoms with van der Waals surface area (Å²) >= 11 is 0. The van der Waals surface area contributed by atoms with Crippen LogP contribution in [0.1, 0.15) is 49.5 Å². The molecular weight excluding hydrogens is 337 g/mol. The molecule has 6 heteroatoms. The number of amides is 1. The van der Waals surface area contributed by atoms with Gasteiger partial charge in [-0.3, -0.25) is 9.69 Å². The molecule has 2 bridgehead atoms. The van der Waals surface area contributed by atoms with E-state index in [-0.39, 0.29) is 35.7 Å². The van der Waals surface area contributed by atoms with Crippen molar-refractivity contribution in [3.63, 3.8) is 0 Å². The molecule has 26 heavy (non-hydrogen) atoms. The second kappa shape index (κ2) is 6.99. The molecular formula is C20H26FNO4. The number of hydrogen-bond donors (Lipinski definition) is 0. The maximum Gasteiger partial charge on any atom is 0.410 e. The van der Waals surface area contributed by atoms with Gasteiger partial charge in [-0.25, -0.2) is 9.18 Å². The van der Waals surface area contributed by atoms with Gasteiger partial charge < -0.3 is 9.47 Å². The van der Waals surface area contributed by atoms with Crippen LogP contribution >= 0.6 is 0 Å². The first-order chi connectivity index (χ1) is 12.2. The number of nitrogens with zero attached hydrogens (tertiary/aromatic N) is 1. The third-order valence-electron chi connectivity index (χ3n) is 4.94. The van der Waals surface area contributed by atoms with Crippen LogP contribution in [0.3, 0.4) is 0 Å². The molecule has 0 spiro atoms. The number of halogens is 1. The first-order valence-corrected chi connectivity index (χ1v) is 9.05. The number of ether oxygens (including phenoxy) is 2. The van der Waals surface area contributed by atoms with E-state index in [0.717, 1.165) is 0 Å². The predicted molar refractivity (Wildman–Crippen MR) is 94.7 cm³/mol. The summed E-state index contributed by atoms with van der Waals surface area (Å²) in [6, 6.07) is 4.13. The van der Waals surface area contributed by atoms with Gasteiger partial charge in [0.15, 0.2) is 5.78 Å². The third-order valence-corrected chi connectivity index (χ3v) is 4.94. The lowest BCUT2D eigenvalue weighted by Gasteiger charge is -2.47. The van der Waals surface area contributed by atoms with Gasteiger partial charge in [0.25, 0.3) is 0 Å². The van der Waals surface area contributed by atoms with Gasteiger partial charge in [0, 0.05) is 11.5 Å². The monoisotopic (exact) mass is 363 g/mol. The Bertz CT molecular complexity index is 698. The maximum atomic E-state index is 13.5. The first-order valence-electron chi connectivity index (χ1n) is 9.05. The number of carbonyl (C=O) groups excluding carboxylic acids is 2. The minimum Gasteiger partial charge on any atom is -0.444 e. The van der Waals surface area contributed by atoms with Crippen LogP contribution in [0.15, 0.2) is 18.2 Å². The normalized spacial score (nSPS) is 25.7. The Morgan fingerprint density at radius 3 is 2.35 bits per heavy atom. The van der Waals surface area contributed by atoms with Crippen molar-refractivity contribution >= 4 is 11.9 Å². The van der Waals surface area contributed by atoms with E-state index in [9.17, 15) is 14.0 Å². The van der Waals surface area contributed by atoms with E-state index in [2.05, 4.69) is 0 Å². The lowest BCUT2D eigenvalue weighted by atomic mass is 9.80. The number of rotatable bonds is 2. The highest BCUT2D eigenvalue weighted by atomic mass is 19.1. The van der Waals surface area contributed by atoms with Gasteiger partial charge in [-0.2, -0.15) is 0 Å². The minimum atomic E-state index is -0.565. The lowest BCUT2D eigenvalue weighted by molar-refractivity contribution is -0.0861. The van der Waals surface area contributed by atoms with Gasteiger partial charge in [0.05, 0.1) is 25.3 Å². The van der Waals surface area contributed by atoms with E-state index in [1.165, 1.54) is 12.1 Å². The fourth-order valence-electron chi connectivity index (χ4n) is 3.78. The Hall–Kier alpha value is -1.95. The maximum absolute atomic E-state index is 13.5. The topological polar surface area (TPSA) is 55.8 Å². The fourth-order valence-corrected chi connectivity index (χ4v) is 3.78. The molecule has 2 heterocycles. The van der Waals surface area contributed by atoms with Crippen molar-refractivity contribution in [2.45, 2.75) is 58.2 Å². The van der Waals surface area contributed by atoms with E-state index in [1.807, 2.05) is 20.8 Å². The lowest BCUT2D eigenvalue weighted by Crippen LogP contribution is -2.60. The van der Waals surface area contributed by atoms with Crippen LogP contribution in [0.5, 0.6) is 0 Å². The highest BCUT2D eigenvalue weighted by Gasteiger charge is 2.45. The van der Waals surface area contributed by atoms with Gasteiger partial charge in [0.2, 0.25) is 0 Å². The Morgan fingerprint density at radius 1 is 1.19 bits per heavy atom. The van der Waals surface area contributed by atoms with Crippen molar-refractivity contribution in [1.82, 2.24) is 4.90 Å². The second-order valence-corrected chi connectivity index (χ2v) is 8.23. The number of carbonyl (C=O) groups is 2. The van der Waals surface area contributed by atoms with E-state index in [0.29, 0.717) is 37.2 Å². The highest BCUT2D eigenvalue weighted by Crippen LogP contribution is 2.34. The zero-order valence-corrected chi connectivity index (χ0v) is 15.8. The van der Waals surface area contributed by atoms with Crippen molar-refractivity contribution in [1.29, 1.82) is 0 Å². The molecule has 3 rings (SSSR count). The zero-order valence-electron chi connectivity index (χ0n) is 15.8. The number of Topliss-reactive ketones (excluding diaryl/α,β-unsaturated/α-hetero) is 1. The summed E-state index contributed by atoms with van der Waals surface area (Å²) in [6.45, 7) is 7.97. The summed E-state index contributed by atoms with van der Waals surface area (Å²) in [5.74, 6) is -0.502. The molecule has 0 aliphatic carbocycles. The van der Waals surface area contributed by atoms with E-state index < -0.39 is 5.60 Å². The van der Waals surface area contributed by atoms with E-state index in [4.69, 9.17) is 9.47 Å². The largest absolute Gasteiger partial charge is 0.444 e. The van der Waals surface area contributed by atoms with Crippen molar-refractivity contribution in [2.75, 3.05) is 13.2 Å². The van der Waals surface area contributed by atoms with Crippen LogP contribution < -0.4 is 0 Å². The van der Waals surface area contributed by atoms with Crippen LogP contribution in [-0.4, -0.2) is 47.7 Å². The van der Waals surface area contributed by atoms with Crippen LogP contribution in [0.25, 0.3) is 0 Å². The van der Waals surface area contributed by atoms with Crippen LogP contribution in [0, 0.1) is 18.7 Å². The summed E-state index contributed by atoms with van der Waals surface area (Å²) in [6.07, 6.45) is 0.718. The van der Waals surface area contributed by atoms with Crippen LogP contribution in [0.2, 0.25) is 0 Å². The minimum absolute atomic E-state index is 0.00818. The number of fused-ring (bicyclic) bond motifs is 2.